The van der Waals surface area contributed by atoms with Gasteiger partial charge in [-0.15, -0.1) is 10.2 Å². The number of furan rings is 1. The number of hydrogen-bond acceptors (Lipinski definition) is 8. The van der Waals surface area contributed by atoms with Crippen molar-refractivity contribution in [1.82, 2.24) is 14.8 Å². The molecule has 2 aromatic heterocycles. The number of methoxy groups -OCH3 is 1. The SMILES string of the molecule is COc1cc(C(C)=O)ccc1OCC(O)CSc1nnc(-c2ccco2)n1C. The van der Waals surface area contributed by atoms with E-state index in [0.29, 0.717) is 39.6 Å². The Kier molecular flexibility index (Phi) is 6.37. The largest absolute Gasteiger partial charge is 0.493 e. The maximum absolute atomic E-state index is 11.5. The van der Waals surface area contributed by atoms with Gasteiger partial charge in [-0.05, 0) is 37.3 Å². The summed E-state index contributed by atoms with van der Waals surface area (Å²) in [5, 5.41) is 19.1. The molecule has 0 amide bonds. The number of carbonyl (C=O) groups is 1. The number of ether oxygens (including phenoxy) is 2. The molecule has 148 valence electrons. The molecule has 1 aromatic carbocycles. The number of Topliss-reactive ketones (excluding diaryl/α,β-unsaturated/α-hetero) is 1. The molecule has 8 nitrogen and oxygen atoms in total. The summed E-state index contributed by atoms with van der Waals surface area (Å²) in [4.78, 5) is 11.5. The monoisotopic (exact) mass is 403 g/mol. The van der Waals surface area contributed by atoms with Gasteiger partial charge in [0.05, 0.1) is 19.5 Å². The number of carbonyl (C=O) groups excluding carboxylic acids is 1. The van der Waals surface area contributed by atoms with Crippen LogP contribution in [0, 0.1) is 0 Å². The van der Waals surface area contributed by atoms with Crippen molar-refractivity contribution in [2.45, 2.75) is 18.2 Å². The third-order valence-electron chi connectivity index (χ3n) is 3.98. The molecule has 0 aliphatic heterocycles. The number of benzene rings is 1. The molecule has 9 heteroatoms. The van der Waals surface area contributed by atoms with Gasteiger partial charge in [0.2, 0.25) is 0 Å². The molecule has 0 aliphatic carbocycles. The van der Waals surface area contributed by atoms with E-state index < -0.39 is 6.10 Å². The zero-order chi connectivity index (χ0) is 20.1. The molecule has 0 saturated carbocycles. The van der Waals surface area contributed by atoms with Gasteiger partial charge in [-0.3, -0.25) is 4.79 Å². The Balaban J connectivity index is 1.55. The molecule has 0 aliphatic rings. The average Bonchev–Trinajstić information content (AvgIpc) is 3.34. The smallest absolute Gasteiger partial charge is 0.200 e. The third kappa shape index (κ3) is 4.55. The standard InChI is InChI=1S/C19H21N3O5S/c1-12(23)13-6-7-15(17(9-13)25-3)27-10-14(24)11-28-19-21-20-18(22(19)2)16-5-4-8-26-16/h4-9,14,24H,10-11H2,1-3H3. The Morgan fingerprint density at radius 1 is 1.32 bits per heavy atom. The van der Waals surface area contributed by atoms with Gasteiger partial charge in [0.15, 0.2) is 34.0 Å². The van der Waals surface area contributed by atoms with Crippen molar-refractivity contribution in [2.24, 2.45) is 7.05 Å². The van der Waals surface area contributed by atoms with Crippen LogP contribution in [0.5, 0.6) is 11.5 Å². The molecule has 0 fully saturated rings. The Morgan fingerprint density at radius 2 is 2.14 bits per heavy atom. The number of rotatable bonds is 9. The van der Waals surface area contributed by atoms with Gasteiger partial charge in [0.25, 0.3) is 0 Å². The van der Waals surface area contributed by atoms with Crippen LogP contribution < -0.4 is 9.47 Å². The van der Waals surface area contributed by atoms with Crippen LogP contribution in [0.25, 0.3) is 11.6 Å². The summed E-state index contributed by atoms with van der Waals surface area (Å²) in [5.41, 5.74) is 0.537. The summed E-state index contributed by atoms with van der Waals surface area (Å²) >= 11 is 1.37. The second kappa shape index (κ2) is 8.94. The van der Waals surface area contributed by atoms with Crippen LogP contribution in [0.4, 0.5) is 0 Å². The minimum Gasteiger partial charge on any atom is -0.493 e. The lowest BCUT2D eigenvalue weighted by molar-refractivity contribution is 0.101. The first-order valence-electron chi connectivity index (χ1n) is 8.55. The molecule has 0 spiro atoms. The van der Waals surface area contributed by atoms with Crippen molar-refractivity contribution in [3.63, 3.8) is 0 Å². The highest BCUT2D eigenvalue weighted by Crippen LogP contribution is 2.29. The van der Waals surface area contributed by atoms with Gasteiger partial charge in [0.1, 0.15) is 6.61 Å². The first-order valence-corrected chi connectivity index (χ1v) is 9.54. The fourth-order valence-electron chi connectivity index (χ4n) is 2.47. The Morgan fingerprint density at radius 3 is 2.82 bits per heavy atom. The third-order valence-corrected chi connectivity index (χ3v) is 5.15. The number of ketones is 1. The molecule has 0 radical (unpaired) electrons. The van der Waals surface area contributed by atoms with Gasteiger partial charge in [-0.1, -0.05) is 11.8 Å². The van der Waals surface area contributed by atoms with E-state index in [2.05, 4.69) is 10.2 Å². The molecule has 3 aromatic rings. The molecule has 0 bridgehead atoms. The van der Waals surface area contributed by atoms with Gasteiger partial charge < -0.3 is 23.6 Å². The second-order valence-electron chi connectivity index (χ2n) is 6.04. The summed E-state index contributed by atoms with van der Waals surface area (Å²) < 4.78 is 18.0. The minimum atomic E-state index is -0.731. The minimum absolute atomic E-state index is 0.0566. The van der Waals surface area contributed by atoms with Gasteiger partial charge in [0, 0.05) is 18.4 Å². The summed E-state index contributed by atoms with van der Waals surface area (Å²) in [7, 11) is 3.34. The number of nitrogens with zero attached hydrogens (tertiary/aromatic N) is 3. The number of hydrogen-bond donors (Lipinski definition) is 1. The Bertz CT molecular complexity index is 939. The van der Waals surface area contributed by atoms with E-state index >= 15 is 0 Å². The topological polar surface area (TPSA) is 99.6 Å². The number of aliphatic hydroxyl groups is 1. The lowest BCUT2D eigenvalue weighted by Gasteiger charge is -2.14. The highest BCUT2D eigenvalue weighted by molar-refractivity contribution is 7.99. The van der Waals surface area contributed by atoms with Gasteiger partial charge in [-0.2, -0.15) is 0 Å². The molecule has 1 N–H and O–H groups in total. The number of thioether (sulfide) groups is 1. The number of aromatic nitrogens is 3. The molecule has 3 rings (SSSR count). The van der Waals surface area contributed by atoms with Crippen molar-refractivity contribution in [3.05, 3.63) is 42.2 Å². The molecule has 1 atom stereocenters. The van der Waals surface area contributed by atoms with E-state index in [9.17, 15) is 9.90 Å². The van der Waals surface area contributed by atoms with Crippen molar-refractivity contribution in [1.29, 1.82) is 0 Å². The predicted octanol–water partition coefficient (Wildman–Crippen LogP) is 2.82. The maximum Gasteiger partial charge on any atom is 0.200 e. The van der Waals surface area contributed by atoms with Crippen LogP contribution in [0.2, 0.25) is 0 Å². The van der Waals surface area contributed by atoms with Gasteiger partial charge >= 0.3 is 0 Å². The molecule has 28 heavy (non-hydrogen) atoms. The summed E-state index contributed by atoms with van der Waals surface area (Å²) in [5.74, 6) is 2.48. The summed E-state index contributed by atoms with van der Waals surface area (Å²) in [6.07, 6.45) is 0.848. The maximum atomic E-state index is 11.5. The van der Waals surface area contributed by atoms with E-state index in [0.717, 1.165) is 0 Å². The van der Waals surface area contributed by atoms with E-state index in [1.807, 2.05) is 13.1 Å². The fourth-order valence-corrected chi connectivity index (χ4v) is 3.29. The molecule has 1 unspecified atom stereocenters. The lowest BCUT2D eigenvalue weighted by Crippen LogP contribution is -2.20. The summed E-state index contributed by atoms with van der Waals surface area (Å²) in [6.45, 7) is 1.56. The first kappa shape index (κ1) is 20.0. The zero-order valence-electron chi connectivity index (χ0n) is 15.8. The van der Waals surface area contributed by atoms with Crippen LogP contribution >= 0.6 is 11.8 Å². The molecular weight excluding hydrogens is 382 g/mol. The van der Waals surface area contributed by atoms with E-state index in [-0.39, 0.29) is 12.4 Å². The van der Waals surface area contributed by atoms with Crippen LogP contribution in [-0.4, -0.2) is 51.2 Å². The number of aliphatic hydroxyl groups excluding tert-OH is 1. The Labute approximate surface area is 166 Å². The van der Waals surface area contributed by atoms with Crippen LogP contribution in [0.3, 0.4) is 0 Å². The van der Waals surface area contributed by atoms with Crippen LogP contribution in [-0.2, 0) is 7.05 Å². The average molecular weight is 403 g/mol. The van der Waals surface area contributed by atoms with Crippen molar-refractivity contribution >= 4 is 17.5 Å². The van der Waals surface area contributed by atoms with Crippen molar-refractivity contribution in [2.75, 3.05) is 19.5 Å². The summed E-state index contributed by atoms with van der Waals surface area (Å²) in [6, 6.07) is 8.54. The van der Waals surface area contributed by atoms with Crippen molar-refractivity contribution in [3.8, 4) is 23.1 Å². The fraction of sp³-hybridized carbons (Fsp3) is 0.316. The first-order chi connectivity index (χ1) is 13.5. The van der Waals surface area contributed by atoms with E-state index in [4.69, 9.17) is 13.9 Å². The van der Waals surface area contributed by atoms with E-state index in [1.165, 1.54) is 25.8 Å². The normalized spacial score (nSPS) is 12.0. The van der Waals surface area contributed by atoms with Crippen molar-refractivity contribution < 1.29 is 23.8 Å². The molecular formula is C19H21N3O5S. The highest BCUT2D eigenvalue weighted by Gasteiger charge is 2.16. The lowest BCUT2D eigenvalue weighted by atomic mass is 10.1. The highest BCUT2D eigenvalue weighted by atomic mass is 32.2. The van der Waals surface area contributed by atoms with Gasteiger partial charge in [-0.25, -0.2) is 0 Å². The second-order valence-corrected chi connectivity index (χ2v) is 7.03. The Hall–Kier alpha value is -2.78. The molecule has 0 saturated heterocycles. The van der Waals surface area contributed by atoms with Crippen LogP contribution in [0.1, 0.15) is 17.3 Å². The quantitative estimate of drug-likeness (QED) is 0.430. The van der Waals surface area contributed by atoms with E-state index in [1.54, 1.807) is 35.1 Å². The predicted molar refractivity (Wildman–Crippen MR) is 104 cm³/mol. The zero-order valence-corrected chi connectivity index (χ0v) is 16.6. The van der Waals surface area contributed by atoms with Crippen LogP contribution in [0.15, 0.2) is 46.2 Å². The molecule has 2 heterocycles.